The van der Waals surface area contributed by atoms with E-state index in [0.717, 1.165) is 24.0 Å². The third-order valence-electron chi connectivity index (χ3n) is 2.38. The molecule has 0 fully saturated rings. The summed E-state index contributed by atoms with van der Waals surface area (Å²) in [5.74, 6) is -0.671. The molecule has 0 aromatic heterocycles. The fraction of sp³-hybridized carbons (Fsp3) is 0.417. The van der Waals surface area contributed by atoms with Crippen LogP contribution in [0.4, 0.5) is 0 Å². The molecular weight excluding hydrogens is 307 g/mol. The van der Waals surface area contributed by atoms with E-state index >= 15 is 0 Å². The quantitative estimate of drug-likeness (QED) is 0.792. The van der Waals surface area contributed by atoms with E-state index in [1.807, 2.05) is 6.07 Å². The molecule has 0 radical (unpaired) electrons. The van der Waals surface area contributed by atoms with Crippen LogP contribution in [0.1, 0.15) is 29.2 Å². The Labute approximate surface area is 114 Å². The second kappa shape index (κ2) is 6.99. The van der Waals surface area contributed by atoms with Crippen LogP contribution in [0.5, 0.6) is 0 Å². The van der Waals surface area contributed by atoms with Crippen molar-refractivity contribution in [2.45, 2.75) is 24.3 Å². The molecule has 2 N–H and O–H groups in total. The van der Waals surface area contributed by atoms with E-state index in [1.165, 1.54) is 0 Å². The van der Waals surface area contributed by atoms with Gasteiger partial charge in [0.05, 0.1) is 0 Å². The molecule has 0 spiro atoms. The summed E-state index contributed by atoms with van der Waals surface area (Å²) >= 11 is 8.95. The second-order valence-electron chi connectivity index (χ2n) is 3.75. The molecule has 5 heteroatoms. The maximum atomic E-state index is 10.7. The predicted octanol–water partition coefficient (Wildman–Crippen LogP) is 2.87. The molecule has 3 nitrogen and oxygen atoms in total. The molecule has 1 aromatic rings. The highest BCUT2D eigenvalue weighted by atomic mass is 79.9. The summed E-state index contributed by atoms with van der Waals surface area (Å²) in [5, 5.41) is 18.9. The van der Waals surface area contributed by atoms with Gasteiger partial charge in [-0.05, 0) is 29.5 Å². The first kappa shape index (κ1) is 14.5. The highest BCUT2D eigenvalue weighted by molar-refractivity contribution is 9.08. The average molecular weight is 322 g/mol. The van der Waals surface area contributed by atoms with Crippen LogP contribution in [0, 0.1) is 0 Å². The van der Waals surface area contributed by atoms with Gasteiger partial charge in [0.15, 0.2) is 6.10 Å². The van der Waals surface area contributed by atoms with Crippen LogP contribution in [-0.4, -0.2) is 22.1 Å². The number of carboxylic acids is 1. The lowest BCUT2D eigenvalue weighted by Crippen LogP contribution is -2.11. The summed E-state index contributed by atoms with van der Waals surface area (Å²) in [6, 6.07) is 5.40. The monoisotopic (exact) mass is 320 g/mol. The number of rotatable bonds is 6. The van der Waals surface area contributed by atoms with Gasteiger partial charge in [0.1, 0.15) is 0 Å². The lowest BCUT2D eigenvalue weighted by atomic mass is 10.00. The summed E-state index contributed by atoms with van der Waals surface area (Å²) in [5.41, 5.74) is 2.37. The van der Waals surface area contributed by atoms with E-state index in [4.69, 9.17) is 16.7 Å². The van der Waals surface area contributed by atoms with E-state index in [1.54, 1.807) is 12.1 Å². The summed E-state index contributed by atoms with van der Waals surface area (Å²) in [4.78, 5) is 10.7. The van der Waals surface area contributed by atoms with Gasteiger partial charge in [-0.3, -0.25) is 0 Å². The topological polar surface area (TPSA) is 57.5 Å². The largest absolute Gasteiger partial charge is 0.479 e. The minimum absolute atomic E-state index is 0.416. The molecule has 0 aliphatic carbocycles. The summed E-state index contributed by atoms with van der Waals surface area (Å²) in [6.07, 6.45) is 0.142. The van der Waals surface area contributed by atoms with Crippen LogP contribution in [0.25, 0.3) is 0 Å². The Morgan fingerprint density at radius 3 is 2.53 bits per heavy atom. The Balaban J connectivity index is 3.00. The normalized spacial score (nSPS) is 12.4. The SMILES string of the molecule is O=C(O)C(O)c1cc(CBr)cc(CCCCl)c1. The Morgan fingerprint density at radius 1 is 1.35 bits per heavy atom. The number of aliphatic hydroxyl groups excluding tert-OH is 1. The number of benzene rings is 1. The Hall–Kier alpha value is -0.580. The number of aryl methyl sites for hydroxylation is 1. The van der Waals surface area contributed by atoms with Gasteiger partial charge < -0.3 is 10.2 Å². The molecule has 1 aromatic carbocycles. The zero-order valence-electron chi connectivity index (χ0n) is 9.20. The van der Waals surface area contributed by atoms with Crippen LogP contribution in [-0.2, 0) is 16.5 Å². The van der Waals surface area contributed by atoms with Crippen molar-refractivity contribution in [2.75, 3.05) is 5.88 Å². The van der Waals surface area contributed by atoms with Crippen LogP contribution in [0.2, 0.25) is 0 Å². The fourth-order valence-electron chi connectivity index (χ4n) is 1.58. The number of alkyl halides is 2. The van der Waals surface area contributed by atoms with Crippen LogP contribution < -0.4 is 0 Å². The van der Waals surface area contributed by atoms with E-state index < -0.39 is 12.1 Å². The number of halogens is 2. The fourth-order valence-corrected chi connectivity index (χ4v) is 2.04. The van der Waals surface area contributed by atoms with Gasteiger partial charge in [-0.15, -0.1) is 11.6 Å². The molecule has 17 heavy (non-hydrogen) atoms. The van der Waals surface area contributed by atoms with Crippen molar-refractivity contribution in [1.29, 1.82) is 0 Å². The minimum atomic E-state index is -1.47. The van der Waals surface area contributed by atoms with Crippen molar-refractivity contribution < 1.29 is 15.0 Å². The number of aliphatic hydroxyl groups is 1. The molecule has 1 unspecified atom stereocenters. The zero-order valence-corrected chi connectivity index (χ0v) is 11.5. The van der Waals surface area contributed by atoms with Gasteiger partial charge in [0.2, 0.25) is 0 Å². The summed E-state index contributed by atoms with van der Waals surface area (Å²) < 4.78 is 0. The second-order valence-corrected chi connectivity index (χ2v) is 4.69. The molecular formula is C12H14BrClO3. The molecule has 0 saturated heterocycles. The number of hydrogen-bond donors (Lipinski definition) is 2. The average Bonchev–Trinajstić information content (AvgIpc) is 2.34. The van der Waals surface area contributed by atoms with Gasteiger partial charge in [-0.1, -0.05) is 34.1 Å². The number of carboxylic acid groups (broad SMARTS) is 1. The molecule has 1 rings (SSSR count). The van der Waals surface area contributed by atoms with Crippen molar-refractivity contribution in [3.8, 4) is 0 Å². The standard InChI is InChI=1S/C12H14BrClO3/c13-7-9-4-8(2-1-3-14)5-10(6-9)11(15)12(16)17/h4-6,11,15H,1-3,7H2,(H,16,17). The lowest BCUT2D eigenvalue weighted by molar-refractivity contribution is -0.146. The van der Waals surface area contributed by atoms with Gasteiger partial charge in [0.25, 0.3) is 0 Å². The maximum absolute atomic E-state index is 10.7. The van der Waals surface area contributed by atoms with E-state index in [0.29, 0.717) is 16.8 Å². The Bertz CT molecular complexity index is 395. The zero-order chi connectivity index (χ0) is 12.8. The van der Waals surface area contributed by atoms with E-state index in [9.17, 15) is 9.90 Å². The molecule has 1 atom stereocenters. The Kier molecular flexibility index (Phi) is 5.95. The van der Waals surface area contributed by atoms with Gasteiger partial charge in [-0.2, -0.15) is 0 Å². The third-order valence-corrected chi connectivity index (χ3v) is 3.29. The van der Waals surface area contributed by atoms with Crippen LogP contribution in [0.3, 0.4) is 0 Å². The first-order chi connectivity index (χ1) is 8.08. The van der Waals surface area contributed by atoms with Crippen LogP contribution in [0.15, 0.2) is 18.2 Å². The lowest BCUT2D eigenvalue weighted by Gasteiger charge is -2.10. The molecule has 0 aliphatic heterocycles. The summed E-state index contributed by atoms with van der Waals surface area (Å²) in [7, 11) is 0. The van der Waals surface area contributed by atoms with Crippen molar-refractivity contribution in [2.24, 2.45) is 0 Å². The van der Waals surface area contributed by atoms with E-state index in [2.05, 4.69) is 15.9 Å². The molecule has 0 bridgehead atoms. The first-order valence-electron chi connectivity index (χ1n) is 5.24. The first-order valence-corrected chi connectivity index (χ1v) is 6.89. The van der Waals surface area contributed by atoms with E-state index in [-0.39, 0.29) is 0 Å². The number of hydrogen-bond acceptors (Lipinski definition) is 2. The Morgan fingerprint density at radius 2 is 2.00 bits per heavy atom. The molecule has 94 valence electrons. The smallest absolute Gasteiger partial charge is 0.337 e. The molecule has 0 aliphatic rings. The van der Waals surface area contributed by atoms with Crippen molar-refractivity contribution >= 4 is 33.5 Å². The highest BCUT2D eigenvalue weighted by Crippen LogP contribution is 2.20. The van der Waals surface area contributed by atoms with Gasteiger partial charge >= 0.3 is 5.97 Å². The molecule has 0 amide bonds. The van der Waals surface area contributed by atoms with Crippen molar-refractivity contribution in [1.82, 2.24) is 0 Å². The number of aliphatic carboxylic acids is 1. The summed E-state index contributed by atoms with van der Waals surface area (Å²) in [6.45, 7) is 0. The molecule has 0 saturated carbocycles. The van der Waals surface area contributed by atoms with Gasteiger partial charge in [-0.25, -0.2) is 4.79 Å². The predicted molar refractivity (Wildman–Crippen MR) is 70.7 cm³/mol. The highest BCUT2D eigenvalue weighted by Gasteiger charge is 2.16. The number of carbonyl (C=O) groups is 1. The van der Waals surface area contributed by atoms with Crippen molar-refractivity contribution in [3.05, 3.63) is 34.9 Å². The third kappa shape index (κ3) is 4.30. The van der Waals surface area contributed by atoms with Crippen molar-refractivity contribution in [3.63, 3.8) is 0 Å². The van der Waals surface area contributed by atoms with Gasteiger partial charge in [0, 0.05) is 11.2 Å². The molecule has 0 heterocycles. The minimum Gasteiger partial charge on any atom is -0.479 e. The van der Waals surface area contributed by atoms with Crippen LogP contribution >= 0.6 is 27.5 Å². The maximum Gasteiger partial charge on any atom is 0.337 e.